The Morgan fingerprint density at radius 3 is 2.46 bits per heavy atom. The number of amides is 2. The van der Waals surface area contributed by atoms with Crippen molar-refractivity contribution in [2.24, 2.45) is 17.4 Å². The number of nitrogens with two attached hydrogens (primary N) is 2. The van der Waals surface area contributed by atoms with Crippen LogP contribution >= 0.6 is 24.8 Å². The first-order valence-corrected chi connectivity index (χ1v) is 7.63. The maximum absolute atomic E-state index is 11.5. The van der Waals surface area contributed by atoms with Gasteiger partial charge in [0.25, 0.3) is 0 Å². The third-order valence-corrected chi connectivity index (χ3v) is 3.95. The lowest BCUT2D eigenvalue weighted by atomic mass is 9.97. The summed E-state index contributed by atoms with van der Waals surface area (Å²) in [6, 6.07) is 7.16. The summed E-state index contributed by atoms with van der Waals surface area (Å²) in [6.45, 7) is 4.13. The molecule has 0 radical (unpaired) electrons. The number of anilines is 1. The van der Waals surface area contributed by atoms with Gasteiger partial charge in [0.2, 0.25) is 11.8 Å². The molecule has 2 atom stereocenters. The van der Waals surface area contributed by atoms with Crippen LogP contribution in [0, 0.1) is 5.92 Å². The second-order valence-corrected chi connectivity index (χ2v) is 5.95. The SMILES string of the molecule is C[C@@H](N)C(=O)Nc1ccc(CN2CCCC(C(N)=O)C2)cc1.Cl.Cl. The van der Waals surface area contributed by atoms with Crippen LogP contribution in [-0.4, -0.2) is 35.8 Å². The van der Waals surface area contributed by atoms with Crippen molar-refractivity contribution in [3.8, 4) is 0 Å². The van der Waals surface area contributed by atoms with Crippen LogP contribution in [0.1, 0.15) is 25.3 Å². The van der Waals surface area contributed by atoms with Gasteiger partial charge in [-0.05, 0) is 44.0 Å². The molecule has 1 saturated heterocycles. The number of halogens is 2. The van der Waals surface area contributed by atoms with Crippen LogP contribution in [0.4, 0.5) is 5.69 Å². The maximum Gasteiger partial charge on any atom is 0.240 e. The molecule has 8 heteroatoms. The topological polar surface area (TPSA) is 101 Å². The number of hydrogen-bond acceptors (Lipinski definition) is 4. The molecule has 136 valence electrons. The van der Waals surface area contributed by atoms with E-state index < -0.39 is 6.04 Å². The van der Waals surface area contributed by atoms with Crippen molar-refractivity contribution < 1.29 is 9.59 Å². The van der Waals surface area contributed by atoms with Crippen molar-refractivity contribution in [1.29, 1.82) is 0 Å². The van der Waals surface area contributed by atoms with E-state index in [0.29, 0.717) is 0 Å². The van der Waals surface area contributed by atoms with Crippen LogP contribution in [-0.2, 0) is 16.1 Å². The van der Waals surface area contributed by atoms with E-state index in [1.807, 2.05) is 24.3 Å². The van der Waals surface area contributed by atoms with E-state index in [0.717, 1.165) is 43.7 Å². The average Bonchev–Trinajstić information content (AvgIpc) is 2.49. The summed E-state index contributed by atoms with van der Waals surface area (Å²) in [5.74, 6) is -0.454. The minimum atomic E-state index is -0.529. The Morgan fingerprint density at radius 2 is 1.92 bits per heavy atom. The molecule has 5 N–H and O–H groups in total. The molecule has 1 fully saturated rings. The summed E-state index contributed by atoms with van der Waals surface area (Å²) >= 11 is 0. The van der Waals surface area contributed by atoms with Crippen molar-refractivity contribution >= 4 is 42.3 Å². The molecule has 2 rings (SSSR count). The number of carbonyl (C=O) groups excluding carboxylic acids is 2. The zero-order valence-corrected chi connectivity index (χ0v) is 15.4. The van der Waals surface area contributed by atoms with Gasteiger partial charge in [-0.2, -0.15) is 0 Å². The van der Waals surface area contributed by atoms with Gasteiger partial charge >= 0.3 is 0 Å². The summed E-state index contributed by atoms with van der Waals surface area (Å²) in [5, 5.41) is 2.76. The zero-order valence-electron chi connectivity index (χ0n) is 13.7. The Labute approximate surface area is 155 Å². The number of benzene rings is 1. The molecule has 0 spiro atoms. The van der Waals surface area contributed by atoms with Crippen LogP contribution in [0.25, 0.3) is 0 Å². The van der Waals surface area contributed by atoms with Gasteiger partial charge in [0.1, 0.15) is 0 Å². The highest BCUT2D eigenvalue weighted by atomic mass is 35.5. The molecule has 24 heavy (non-hydrogen) atoms. The molecule has 1 aromatic rings. The van der Waals surface area contributed by atoms with Crippen molar-refractivity contribution in [3.63, 3.8) is 0 Å². The van der Waals surface area contributed by atoms with Gasteiger partial charge in [0.15, 0.2) is 0 Å². The second kappa shape index (κ2) is 10.5. The number of nitrogens with zero attached hydrogens (tertiary/aromatic N) is 1. The fraction of sp³-hybridized carbons (Fsp3) is 0.500. The Hall–Kier alpha value is -1.34. The number of likely N-dealkylation sites (tertiary alicyclic amines) is 1. The number of carbonyl (C=O) groups is 2. The predicted octanol–water partition coefficient (Wildman–Crippen LogP) is 1.51. The van der Waals surface area contributed by atoms with E-state index in [2.05, 4.69) is 10.2 Å². The fourth-order valence-electron chi connectivity index (χ4n) is 2.64. The summed E-state index contributed by atoms with van der Waals surface area (Å²) in [7, 11) is 0. The van der Waals surface area contributed by atoms with Crippen molar-refractivity contribution in [3.05, 3.63) is 29.8 Å². The quantitative estimate of drug-likeness (QED) is 0.724. The lowest BCUT2D eigenvalue weighted by molar-refractivity contribution is -0.123. The van der Waals surface area contributed by atoms with Gasteiger partial charge in [-0.25, -0.2) is 0 Å². The van der Waals surface area contributed by atoms with Crippen LogP contribution in [0.2, 0.25) is 0 Å². The molecule has 0 aromatic heterocycles. The van der Waals surface area contributed by atoms with E-state index in [1.165, 1.54) is 0 Å². The highest BCUT2D eigenvalue weighted by molar-refractivity contribution is 5.94. The lowest BCUT2D eigenvalue weighted by Crippen LogP contribution is -2.40. The van der Waals surface area contributed by atoms with Crippen molar-refractivity contribution in [1.82, 2.24) is 4.90 Å². The van der Waals surface area contributed by atoms with E-state index >= 15 is 0 Å². The summed E-state index contributed by atoms with van der Waals surface area (Å²) in [6.07, 6.45) is 1.88. The molecular weight excluding hydrogens is 351 g/mol. The first kappa shape index (κ1) is 22.7. The summed E-state index contributed by atoms with van der Waals surface area (Å²) in [5.41, 5.74) is 12.8. The third-order valence-electron chi connectivity index (χ3n) is 3.95. The van der Waals surface area contributed by atoms with Gasteiger partial charge in [0, 0.05) is 18.8 Å². The molecule has 1 aliphatic rings. The Kier molecular flexibility index (Phi) is 9.92. The van der Waals surface area contributed by atoms with Gasteiger partial charge in [-0.3, -0.25) is 14.5 Å². The smallest absolute Gasteiger partial charge is 0.240 e. The summed E-state index contributed by atoms with van der Waals surface area (Å²) < 4.78 is 0. The fourth-order valence-corrected chi connectivity index (χ4v) is 2.64. The van der Waals surface area contributed by atoms with Gasteiger partial charge < -0.3 is 16.8 Å². The van der Waals surface area contributed by atoms with Crippen LogP contribution in [0.5, 0.6) is 0 Å². The first-order chi connectivity index (χ1) is 10.5. The van der Waals surface area contributed by atoms with E-state index in [9.17, 15) is 9.59 Å². The Morgan fingerprint density at radius 1 is 1.29 bits per heavy atom. The van der Waals surface area contributed by atoms with Crippen LogP contribution in [0.15, 0.2) is 24.3 Å². The standard InChI is InChI=1S/C16H24N4O2.2ClH/c1-11(17)16(22)19-14-6-4-12(5-7-14)9-20-8-2-3-13(10-20)15(18)21;;/h4-7,11,13H,2-3,8-10,17H2,1H3,(H2,18,21)(H,19,22);2*1H/t11-,13?;;/m1../s1. The second-order valence-electron chi connectivity index (χ2n) is 5.95. The molecule has 1 aromatic carbocycles. The van der Waals surface area contributed by atoms with E-state index in [-0.39, 0.29) is 42.5 Å². The molecule has 1 aliphatic heterocycles. The number of piperidine rings is 1. The Balaban J connectivity index is 0.00000264. The molecule has 1 heterocycles. The number of primary amides is 1. The molecule has 0 aliphatic carbocycles. The molecule has 2 amide bonds. The minimum Gasteiger partial charge on any atom is -0.369 e. The van der Waals surface area contributed by atoms with E-state index in [1.54, 1.807) is 6.92 Å². The third kappa shape index (κ3) is 6.65. The van der Waals surface area contributed by atoms with Gasteiger partial charge in [-0.15, -0.1) is 24.8 Å². The monoisotopic (exact) mass is 376 g/mol. The normalized spacial score (nSPS) is 18.7. The van der Waals surface area contributed by atoms with Gasteiger partial charge in [-0.1, -0.05) is 12.1 Å². The highest BCUT2D eigenvalue weighted by Crippen LogP contribution is 2.19. The largest absolute Gasteiger partial charge is 0.369 e. The Bertz CT molecular complexity index is 537. The maximum atomic E-state index is 11.5. The van der Waals surface area contributed by atoms with Crippen molar-refractivity contribution in [2.45, 2.75) is 32.4 Å². The minimum absolute atomic E-state index is 0. The summed E-state index contributed by atoms with van der Waals surface area (Å²) in [4.78, 5) is 25.1. The van der Waals surface area contributed by atoms with Crippen LogP contribution < -0.4 is 16.8 Å². The first-order valence-electron chi connectivity index (χ1n) is 7.63. The van der Waals surface area contributed by atoms with Gasteiger partial charge in [0.05, 0.1) is 12.0 Å². The average molecular weight is 377 g/mol. The van der Waals surface area contributed by atoms with Crippen molar-refractivity contribution in [2.75, 3.05) is 18.4 Å². The lowest BCUT2D eigenvalue weighted by Gasteiger charge is -2.31. The molecule has 1 unspecified atom stereocenters. The number of nitrogens with one attached hydrogen (secondary N) is 1. The van der Waals surface area contributed by atoms with Crippen LogP contribution in [0.3, 0.4) is 0 Å². The zero-order chi connectivity index (χ0) is 16.1. The molecule has 6 nitrogen and oxygen atoms in total. The molecule has 0 bridgehead atoms. The predicted molar refractivity (Wildman–Crippen MR) is 100 cm³/mol. The molecular formula is C16H26Cl2N4O2. The highest BCUT2D eigenvalue weighted by Gasteiger charge is 2.23. The molecule has 0 saturated carbocycles. The van der Waals surface area contributed by atoms with E-state index in [4.69, 9.17) is 11.5 Å². The number of rotatable bonds is 5. The number of hydrogen-bond donors (Lipinski definition) is 3.